The van der Waals surface area contributed by atoms with Crippen LogP contribution in [0.5, 0.6) is 5.75 Å². The van der Waals surface area contributed by atoms with E-state index in [9.17, 15) is 9.59 Å². The monoisotopic (exact) mass is 538 g/mol. The third-order valence-corrected chi connectivity index (χ3v) is 6.32. The van der Waals surface area contributed by atoms with Gasteiger partial charge in [0.1, 0.15) is 12.4 Å². The molecule has 168 valence electrons. The molecule has 4 unspecified atom stereocenters. The van der Waals surface area contributed by atoms with E-state index < -0.39 is 0 Å². The third kappa shape index (κ3) is 5.05. The first kappa shape index (κ1) is 23.6. The molecule has 1 aromatic carbocycles. The lowest BCUT2D eigenvalue weighted by atomic mass is 9.85. The van der Waals surface area contributed by atoms with E-state index in [4.69, 9.17) is 4.74 Å². The van der Waals surface area contributed by atoms with E-state index in [-0.39, 0.29) is 59.5 Å². The summed E-state index contributed by atoms with van der Waals surface area (Å²) >= 11 is 0. The molecule has 1 saturated heterocycles. The van der Waals surface area contributed by atoms with Crippen LogP contribution in [0.4, 0.5) is 0 Å². The van der Waals surface area contributed by atoms with Gasteiger partial charge in [0.15, 0.2) is 5.96 Å². The van der Waals surface area contributed by atoms with E-state index in [2.05, 4.69) is 27.8 Å². The number of nitrogens with one attached hydrogen (secondary N) is 2. The fourth-order valence-corrected chi connectivity index (χ4v) is 4.82. The molecule has 2 N–H and O–H groups in total. The number of fused-ring (bicyclic) bond motifs is 5. The molecule has 7 nitrogen and oxygen atoms in total. The average Bonchev–Trinajstić information content (AvgIpc) is 3.43. The lowest BCUT2D eigenvalue weighted by molar-refractivity contribution is -0.140. The molecule has 8 heteroatoms. The highest BCUT2D eigenvalue weighted by atomic mass is 127. The predicted molar refractivity (Wildman–Crippen MR) is 131 cm³/mol. The summed E-state index contributed by atoms with van der Waals surface area (Å²) in [5, 5.41) is 6.44. The fraction of sp³-hybridized carbons (Fsp3) is 0.522. The quantitative estimate of drug-likeness (QED) is 0.133. The Hall–Kier alpha value is -2.10. The Balaban J connectivity index is 0.00000272. The van der Waals surface area contributed by atoms with Gasteiger partial charge in [-0.25, -0.2) is 0 Å². The molecule has 1 heterocycles. The molecule has 2 aliphatic carbocycles. The minimum absolute atomic E-state index is 0. The smallest absolute Gasteiger partial charge is 0.233 e. The van der Waals surface area contributed by atoms with Gasteiger partial charge in [-0.05, 0) is 43.7 Å². The normalized spacial score (nSPS) is 26.1. The summed E-state index contributed by atoms with van der Waals surface area (Å²) in [7, 11) is 1.72. The van der Waals surface area contributed by atoms with Gasteiger partial charge in [-0.2, -0.15) is 0 Å². The molecule has 2 bridgehead atoms. The summed E-state index contributed by atoms with van der Waals surface area (Å²) in [6.07, 6.45) is 5.92. The molecule has 4 rings (SSSR count). The number of amides is 2. The van der Waals surface area contributed by atoms with Crippen LogP contribution in [0.25, 0.3) is 0 Å². The number of aliphatic imine (C=N–C) groups is 1. The molecular weight excluding hydrogens is 507 g/mol. The molecule has 0 spiro atoms. The summed E-state index contributed by atoms with van der Waals surface area (Å²) in [5.41, 5.74) is 1.20. The molecule has 3 aliphatic rings. The number of guanidine groups is 1. The minimum Gasteiger partial charge on any atom is -0.492 e. The van der Waals surface area contributed by atoms with Crippen molar-refractivity contribution >= 4 is 41.8 Å². The van der Waals surface area contributed by atoms with Crippen molar-refractivity contribution in [1.29, 1.82) is 0 Å². The van der Waals surface area contributed by atoms with Crippen molar-refractivity contribution in [3.05, 3.63) is 42.0 Å². The number of carbonyl (C=O) groups excluding carboxylic acids is 2. The van der Waals surface area contributed by atoms with Crippen LogP contribution in [0.15, 0.2) is 41.4 Å². The maximum absolute atomic E-state index is 12.7. The average molecular weight is 538 g/mol. The second kappa shape index (κ2) is 10.5. The van der Waals surface area contributed by atoms with Crippen molar-refractivity contribution in [3.8, 4) is 5.75 Å². The predicted octanol–water partition coefficient (Wildman–Crippen LogP) is 2.35. The first-order valence-corrected chi connectivity index (χ1v) is 10.8. The molecule has 1 aromatic rings. The number of rotatable bonds is 8. The van der Waals surface area contributed by atoms with Crippen molar-refractivity contribution in [2.45, 2.75) is 19.8 Å². The summed E-state index contributed by atoms with van der Waals surface area (Å²) in [4.78, 5) is 31.0. The number of benzene rings is 1. The van der Waals surface area contributed by atoms with Crippen molar-refractivity contribution in [2.75, 3.05) is 33.3 Å². The number of hydrogen-bond acceptors (Lipinski definition) is 4. The Morgan fingerprint density at radius 3 is 2.29 bits per heavy atom. The number of allylic oxidation sites excluding steroid dienone is 2. The topological polar surface area (TPSA) is 83.0 Å². The van der Waals surface area contributed by atoms with Crippen LogP contribution in [-0.4, -0.2) is 56.0 Å². The van der Waals surface area contributed by atoms with Crippen LogP contribution >= 0.6 is 24.0 Å². The van der Waals surface area contributed by atoms with E-state index in [0.29, 0.717) is 38.6 Å². The van der Waals surface area contributed by atoms with E-state index in [0.717, 1.165) is 12.2 Å². The first-order valence-electron chi connectivity index (χ1n) is 10.8. The van der Waals surface area contributed by atoms with Gasteiger partial charge in [0.25, 0.3) is 0 Å². The van der Waals surface area contributed by atoms with Gasteiger partial charge in [-0.15, -0.1) is 24.0 Å². The highest BCUT2D eigenvalue weighted by Gasteiger charge is 2.58. The summed E-state index contributed by atoms with van der Waals surface area (Å²) in [5.74, 6) is 1.90. The first-order chi connectivity index (χ1) is 14.6. The lowest BCUT2D eigenvalue weighted by Crippen LogP contribution is -2.41. The van der Waals surface area contributed by atoms with Crippen LogP contribution in [0.3, 0.4) is 0 Å². The largest absolute Gasteiger partial charge is 0.492 e. The van der Waals surface area contributed by atoms with Crippen molar-refractivity contribution in [2.24, 2.45) is 28.7 Å². The summed E-state index contributed by atoms with van der Waals surface area (Å²) in [6.45, 7) is 4.29. The molecule has 4 atom stereocenters. The Morgan fingerprint density at radius 1 is 1.06 bits per heavy atom. The molecule has 0 radical (unpaired) electrons. The number of carbonyl (C=O) groups is 2. The number of aryl methyl sites for hydroxylation is 1. The van der Waals surface area contributed by atoms with Crippen molar-refractivity contribution in [1.82, 2.24) is 15.5 Å². The van der Waals surface area contributed by atoms with Gasteiger partial charge in [-0.1, -0.05) is 29.8 Å². The highest BCUT2D eigenvalue weighted by molar-refractivity contribution is 14.0. The molecule has 31 heavy (non-hydrogen) atoms. The van der Waals surface area contributed by atoms with E-state index in [1.807, 2.05) is 31.2 Å². The zero-order chi connectivity index (χ0) is 21.1. The number of likely N-dealkylation sites (tertiary alicyclic amines) is 1. The Kier molecular flexibility index (Phi) is 7.96. The third-order valence-electron chi connectivity index (χ3n) is 6.32. The van der Waals surface area contributed by atoms with Crippen LogP contribution in [0.1, 0.15) is 18.4 Å². The Labute approximate surface area is 200 Å². The van der Waals surface area contributed by atoms with E-state index >= 15 is 0 Å². The number of hydrogen-bond donors (Lipinski definition) is 2. The van der Waals surface area contributed by atoms with Crippen LogP contribution in [0, 0.1) is 30.6 Å². The van der Waals surface area contributed by atoms with Gasteiger partial charge in [0.05, 0.1) is 18.4 Å². The van der Waals surface area contributed by atoms with Crippen molar-refractivity contribution < 1.29 is 14.3 Å². The molecule has 1 aliphatic heterocycles. The van der Waals surface area contributed by atoms with E-state index in [1.165, 1.54) is 10.5 Å². The second-order valence-electron chi connectivity index (χ2n) is 8.27. The van der Waals surface area contributed by atoms with Crippen LogP contribution in [0.2, 0.25) is 0 Å². The number of imide groups is 1. The number of halogens is 1. The SMILES string of the molecule is CN=C(NCCCN1C(=O)C2C3C=CC(C3)C2C1=O)NCCOc1ccc(C)cc1.I. The van der Waals surface area contributed by atoms with Gasteiger partial charge < -0.3 is 15.4 Å². The maximum Gasteiger partial charge on any atom is 0.233 e. The second-order valence-corrected chi connectivity index (χ2v) is 8.27. The summed E-state index contributed by atoms with van der Waals surface area (Å²) < 4.78 is 5.70. The van der Waals surface area contributed by atoms with Gasteiger partial charge in [0, 0.05) is 20.1 Å². The highest BCUT2D eigenvalue weighted by Crippen LogP contribution is 2.52. The molecule has 2 amide bonds. The minimum atomic E-state index is -0.108. The standard InChI is InChI=1S/C23H30N4O3.HI/c1-15-4-8-18(9-5-15)30-13-11-26-23(24-2)25-10-3-12-27-21(28)19-16-6-7-17(14-16)20(19)22(27)29;/h4-9,16-17,19-20H,3,10-14H2,1-2H3,(H2,24,25,26);1H. The Bertz CT molecular complexity index is 825. The van der Waals surface area contributed by atoms with Crippen molar-refractivity contribution in [3.63, 3.8) is 0 Å². The van der Waals surface area contributed by atoms with Gasteiger partial charge in [0.2, 0.25) is 11.8 Å². The molecule has 2 fully saturated rings. The summed E-state index contributed by atoms with van der Waals surface area (Å²) in [6, 6.07) is 7.96. The zero-order valence-corrected chi connectivity index (χ0v) is 20.4. The molecular formula is C23H31IN4O3. The number of nitrogens with zero attached hydrogens (tertiary/aromatic N) is 2. The molecule has 1 saturated carbocycles. The Morgan fingerprint density at radius 2 is 1.68 bits per heavy atom. The fourth-order valence-electron chi connectivity index (χ4n) is 4.82. The van der Waals surface area contributed by atoms with Gasteiger partial charge in [-0.3, -0.25) is 19.5 Å². The van der Waals surface area contributed by atoms with Gasteiger partial charge >= 0.3 is 0 Å². The van der Waals surface area contributed by atoms with Crippen LogP contribution in [-0.2, 0) is 9.59 Å². The van der Waals surface area contributed by atoms with E-state index in [1.54, 1.807) is 7.05 Å². The molecule has 0 aromatic heterocycles. The number of ether oxygens (including phenoxy) is 1. The maximum atomic E-state index is 12.7. The zero-order valence-electron chi connectivity index (χ0n) is 18.0. The lowest BCUT2D eigenvalue weighted by Gasteiger charge is -2.18. The van der Waals surface area contributed by atoms with Crippen LogP contribution < -0.4 is 15.4 Å².